The van der Waals surface area contributed by atoms with Crippen LogP contribution in [0.5, 0.6) is 0 Å². The van der Waals surface area contributed by atoms with Crippen LogP contribution in [0.3, 0.4) is 0 Å². The zero-order valence-corrected chi connectivity index (χ0v) is 20.4. The smallest absolute Gasteiger partial charge is 0.337 e. The third-order valence-corrected chi connectivity index (χ3v) is 6.51. The van der Waals surface area contributed by atoms with Crippen LogP contribution in [0.15, 0.2) is 65.0 Å². The molecular formula is C25H27N5O3S. The lowest BCUT2D eigenvalue weighted by Crippen LogP contribution is -2.31. The number of hydrogen-bond donors (Lipinski definition) is 2. The summed E-state index contributed by atoms with van der Waals surface area (Å²) < 4.78 is 6.56. The van der Waals surface area contributed by atoms with Crippen LogP contribution < -0.4 is 10.6 Å². The summed E-state index contributed by atoms with van der Waals surface area (Å²) in [5, 5.41) is 11.6. The van der Waals surface area contributed by atoms with Crippen molar-refractivity contribution in [2.45, 2.75) is 38.4 Å². The monoisotopic (exact) mass is 477 g/mol. The quantitative estimate of drug-likeness (QED) is 0.372. The minimum Gasteiger partial charge on any atom is -0.465 e. The van der Waals surface area contributed by atoms with Crippen molar-refractivity contribution in [2.24, 2.45) is 0 Å². The Labute approximate surface area is 202 Å². The molecule has 0 saturated heterocycles. The molecule has 1 aromatic heterocycles. The number of fused-ring (bicyclic) bond motifs is 1. The van der Waals surface area contributed by atoms with E-state index in [9.17, 15) is 9.59 Å². The average molecular weight is 478 g/mol. The summed E-state index contributed by atoms with van der Waals surface area (Å²) in [5.74, 6) is 0.820. The van der Waals surface area contributed by atoms with Gasteiger partial charge in [-0.2, -0.15) is 4.98 Å². The van der Waals surface area contributed by atoms with Crippen LogP contribution in [0, 0.1) is 6.92 Å². The number of anilines is 2. The first-order valence-electron chi connectivity index (χ1n) is 11.0. The minimum absolute atomic E-state index is 0.236. The third kappa shape index (κ3) is 4.84. The van der Waals surface area contributed by atoms with Gasteiger partial charge < -0.3 is 15.4 Å². The number of allylic oxidation sites excluding steroid dienone is 1. The summed E-state index contributed by atoms with van der Waals surface area (Å²) in [4.78, 5) is 30.1. The second-order valence-electron chi connectivity index (χ2n) is 8.01. The van der Waals surface area contributed by atoms with E-state index >= 15 is 0 Å². The van der Waals surface area contributed by atoms with E-state index in [1.807, 2.05) is 50.2 Å². The van der Waals surface area contributed by atoms with Gasteiger partial charge in [0.1, 0.15) is 6.04 Å². The van der Waals surface area contributed by atoms with Crippen LogP contribution in [-0.4, -0.2) is 39.5 Å². The Kier molecular flexibility index (Phi) is 7.02. The maximum Gasteiger partial charge on any atom is 0.337 e. The fraction of sp³-hybridized carbons (Fsp3) is 0.280. The molecule has 0 saturated carbocycles. The number of hydrogen-bond acceptors (Lipinski definition) is 7. The van der Waals surface area contributed by atoms with Gasteiger partial charge in [-0.05, 0) is 50.1 Å². The summed E-state index contributed by atoms with van der Waals surface area (Å²) >= 11 is 1.57. The van der Waals surface area contributed by atoms with Crippen molar-refractivity contribution < 1.29 is 14.3 Å². The van der Waals surface area contributed by atoms with E-state index in [2.05, 4.69) is 22.5 Å². The first kappa shape index (κ1) is 23.6. The number of esters is 1. The molecular weight excluding hydrogens is 450 g/mol. The molecule has 0 radical (unpaired) electrons. The van der Waals surface area contributed by atoms with Gasteiger partial charge in [0, 0.05) is 17.1 Å². The first-order chi connectivity index (χ1) is 16.4. The zero-order valence-electron chi connectivity index (χ0n) is 19.6. The zero-order chi connectivity index (χ0) is 24.2. The van der Waals surface area contributed by atoms with Gasteiger partial charge in [-0.3, -0.25) is 4.79 Å². The molecule has 2 heterocycles. The highest BCUT2D eigenvalue weighted by Gasteiger charge is 2.34. The molecule has 0 aliphatic carbocycles. The fourth-order valence-electron chi connectivity index (χ4n) is 3.74. The lowest BCUT2D eigenvalue weighted by Gasteiger charge is -2.28. The molecule has 0 fully saturated rings. The number of nitrogens with zero attached hydrogens (tertiary/aromatic N) is 3. The highest BCUT2D eigenvalue weighted by Crippen LogP contribution is 2.37. The second-order valence-corrected chi connectivity index (χ2v) is 9.07. The molecule has 1 aliphatic rings. The Hall–Kier alpha value is -3.59. The molecule has 34 heavy (non-hydrogen) atoms. The number of thioether (sulfide) groups is 1. The van der Waals surface area contributed by atoms with Crippen LogP contribution in [0.4, 0.5) is 11.6 Å². The highest BCUT2D eigenvalue weighted by molar-refractivity contribution is 7.99. The van der Waals surface area contributed by atoms with E-state index in [1.165, 1.54) is 7.11 Å². The molecule has 0 bridgehead atoms. The fourth-order valence-corrected chi connectivity index (χ4v) is 4.43. The number of rotatable bonds is 7. The van der Waals surface area contributed by atoms with Gasteiger partial charge in [-0.15, -0.1) is 5.10 Å². The van der Waals surface area contributed by atoms with Crippen LogP contribution in [0.2, 0.25) is 0 Å². The number of nitrogens with one attached hydrogen (secondary N) is 2. The van der Waals surface area contributed by atoms with E-state index in [1.54, 1.807) is 28.6 Å². The van der Waals surface area contributed by atoms with Gasteiger partial charge in [0.15, 0.2) is 0 Å². The maximum absolute atomic E-state index is 13.5. The van der Waals surface area contributed by atoms with Crippen LogP contribution >= 0.6 is 11.8 Å². The van der Waals surface area contributed by atoms with Crippen molar-refractivity contribution in [3.63, 3.8) is 0 Å². The van der Waals surface area contributed by atoms with Gasteiger partial charge in [0.25, 0.3) is 5.91 Å². The van der Waals surface area contributed by atoms with E-state index in [0.717, 1.165) is 23.3 Å². The number of carbonyl (C=O) groups excluding carboxylic acids is 2. The van der Waals surface area contributed by atoms with Gasteiger partial charge in [0.05, 0.1) is 18.2 Å². The summed E-state index contributed by atoms with van der Waals surface area (Å²) in [7, 11) is 1.35. The standard InChI is InChI=1S/C25H27N5O3S/c1-5-14-34-25-28-24-26-16(3)20(22(31)27-19-12-6-15(2)7-13-19)21(30(24)29-25)17-8-10-18(11-9-17)23(32)33-4/h6-13,21H,5,14H2,1-4H3,(H,27,31)(H,26,28,29). The van der Waals surface area contributed by atoms with E-state index in [4.69, 9.17) is 9.84 Å². The molecule has 176 valence electrons. The van der Waals surface area contributed by atoms with E-state index < -0.39 is 12.0 Å². The number of aromatic nitrogens is 3. The third-order valence-electron chi connectivity index (χ3n) is 5.47. The normalized spacial score (nSPS) is 14.9. The van der Waals surface area contributed by atoms with Crippen molar-refractivity contribution in [3.05, 3.63) is 76.5 Å². The Morgan fingerprint density at radius 1 is 1.12 bits per heavy atom. The molecule has 3 aromatic rings. The molecule has 4 rings (SSSR count). The number of aryl methyl sites for hydroxylation is 1. The van der Waals surface area contributed by atoms with Crippen LogP contribution in [0.1, 0.15) is 47.8 Å². The van der Waals surface area contributed by atoms with Gasteiger partial charge >= 0.3 is 5.97 Å². The Balaban J connectivity index is 1.74. The first-order valence-corrected chi connectivity index (χ1v) is 12.0. The molecule has 0 spiro atoms. The molecule has 2 aromatic carbocycles. The maximum atomic E-state index is 13.5. The molecule has 1 aliphatic heterocycles. The summed E-state index contributed by atoms with van der Waals surface area (Å²) in [5.41, 5.74) is 4.28. The SMILES string of the molecule is CCCSc1nc2n(n1)C(c1ccc(C(=O)OC)cc1)C(C(=O)Nc1ccc(C)cc1)=C(C)N2. The number of amides is 1. The molecule has 1 unspecified atom stereocenters. The summed E-state index contributed by atoms with van der Waals surface area (Å²) in [6.45, 7) is 5.96. The Morgan fingerprint density at radius 2 is 1.82 bits per heavy atom. The Morgan fingerprint density at radius 3 is 2.47 bits per heavy atom. The van der Waals surface area contributed by atoms with Crippen molar-refractivity contribution in [1.29, 1.82) is 0 Å². The van der Waals surface area contributed by atoms with Gasteiger partial charge in [-0.25, -0.2) is 9.48 Å². The summed E-state index contributed by atoms with van der Waals surface area (Å²) in [6.07, 6.45) is 1.00. The highest BCUT2D eigenvalue weighted by atomic mass is 32.2. The molecule has 1 amide bonds. The van der Waals surface area contributed by atoms with E-state index in [-0.39, 0.29) is 5.91 Å². The Bertz CT molecular complexity index is 1230. The topological polar surface area (TPSA) is 98.1 Å². The number of carbonyl (C=O) groups is 2. The average Bonchev–Trinajstić information content (AvgIpc) is 3.25. The molecule has 9 heteroatoms. The lowest BCUT2D eigenvalue weighted by molar-refractivity contribution is -0.113. The lowest BCUT2D eigenvalue weighted by atomic mass is 9.94. The van der Waals surface area contributed by atoms with Crippen molar-refractivity contribution in [1.82, 2.24) is 14.8 Å². The molecule has 8 nitrogen and oxygen atoms in total. The van der Waals surface area contributed by atoms with Crippen molar-refractivity contribution >= 4 is 35.3 Å². The number of ether oxygens (including phenoxy) is 1. The predicted octanol–water partition coefficient (Wildman–Crippen LogP) is 4.80. The number of methoxy groups -OCH3 is 1. The summed E-state index contributed by atoms with van der Waals surface area (Å²) in [6, 6.07) is 14.2. The van der Waals surface area contributed by atoms with Crippen molar-refractivity contribution in [2.75, 3.05) is 23.5 Å². The number of benzene rings is 2. The van der Waals surface area contributed by atoms with Crippen molar-refractivity contribution in [3.8, 4) is 0 Å². The van der Waals surface area contributed by atoms with Gasteiger partial charge in [0.2, 0.25) is 11.1 Å². The van der Waals surface area contributed by atoms with Gasteiger partial charge in [-0.1, -0.05) is 48.5 Å². The van der Waals surface area contributed by atoms with Crippen LogP contribution in [0.25, 0.3) is 0 Å². The largest absolute Gasteiger partial charge is 0.465 e. The molecule has 1 atom stereocenters. The minimum atomic E-state index is -0.517. The predicted molar refractivity (Wildman–Crippen MR) is 133 cm³/mol. The van der Waals surface area contributed by atoms with E-state index in [0.29, 0.717) is 33.6 Å². The second kappa shape index (κ2) is 10.1. The van der Waals surface area contributed by atoms with Crippen LogP contribution in [-0.2, 0) is 9.53 Å². The molecule has 2 N–H and O–H groups in total.